The number of aromatic nitrogens is 6. The number of urea groups is 1. The highest BCUT2D eigenvalue weighted by molar-refractivity contribution is 6.13. The fraction of sp³-hybridized carbons (Fsp3) is 0.208. The van der Waals surface area contributed by atoms with Crippen molar-refractivity contribution in [3.05, 3.63) is 185 Å². The molecule has 1 aliphatic heterocycles. The van der Waals surface area contributed by atoms with Gasteiger partial charge in [0.1, 0.15) is 17.1 Å². The molecule has 7 aromatic rings. The van der Waals surface area contributed by atoms with E-state index in [0.717, 1.165) is 82.6 Å². The summed E-state index contributed by atoms with van der Waals surface area (Å²) in [5.74, 6) is 1.19. The number of benzene rings is 5. The van der Waals surface area contributed by atoms with Gasteiger partial charge in [-0.05, 0) is 62.7 Å². The van der Waals surface area contributed by atoms with Crippen molar-refractivity contribution < 1.29 is 9.59 Å². The van der Waals surface area contributed by atoms with Gasteiger partial charge >= 0.3 is 6.03 Å². The van der Waals surface area contributed by atoms with Crippen LogP contribution in [0.3, 0.4) is 0 Å². The molecule has 0 radical (unpaired) electrons. The molecule has 0 spiro atoms. The number of amides is 3. The molecule has 3 amide bonds. The topological polar surface area (TPSA) is 111 Å². The fourth-order valence-corrected chi connectivity index (χ4v) is 7.93. The molecule has 2 aromatic heterocycles. The van der Waals surface area contributed by atoms with Gasteiger partial charge in [-0.2, -0.15) is 0 Å². The zero-order chi connectivity index (χ0) is 39.9. The number of hydrogen-bond donors (Lipinski definition) is 1. The summed E-state index contributed by atoms with van der Waals surface area (Å²) in [5.41, 5.74) is 7.34. The minimum absolute atomic E-state index is 0.353. The van der Waals surface area contributed by atoms with Crippen LogP contribution in [0.2, 0.25) is 0 Å². The summed E-state index contributed by atoms with van der Waals surface area (Å²) in [6.07, 6.45) is 8.15. The number of carbonyl (C=O) groups excluding carboxylic acids is 2. The molecule has 0 saturated carbocycles. The molecule has 0 unspecified atom stereocenters. The molecule has 1 fully saturated rings. The van der Waals surface area contributed by atoms with E-state index in [2.05, 4.69) is 138 Å². The van der Waals surface area contributed by atoms with Crippen LogP contribution in [0, 0.1) is 0 Å². The minimum Gasteiger partial charge on any atom is -0.324 e. The van der Waals surface area contributed by atoms with Gasteiger partial charge in [0.2, 0.25) is 0 Å². The molecule has 5 aromatic carbocycles. The van der Waals surface area contributed by atoms with Crippen LogP contribution < -0.4 is 5.32 Å². The number of rotatable bonds is 15. The maximum absolute atomic E-state index is 12.9. The molecule has 1 aliphatic rings. The maximum Gasteiger partial charge on any atom is 0.329 e. The van der Waals surface area contributed by atoms with Crippen molar-refractivity contribution in [2.75, 3.05) is 6.54 Å². The Morgan fingerprint density at radius 3 is 1.88 bits per heavy atom. The second kappa shape index (κ2) is 17.1. The molecule has 1 saturated heterocycles. The van der Waals surface area contributed by atoms with E-state index in [9.17, 15) is 9.59 Å². The number of tetrazole rings is 1. The van der Waals surface area contributed by atoms with Crippen molar-refractivity contribution in [3.8, 4) is 22.5 Å². The number of hydrogen-bond acceptors (Lipinski definition) is 6. The first-order valence-electron chi connectivity index (χ1n) is 20.1. The van der Waals surface area contributed by atoms with E-state index in [1.54, 1.807) is 17.2 Å². The Kier molecular flexibility index (Phi) is 11.2. The molecule has 1 N–H and O–H groups in total. The molecule has 0 atom stereocenters. The Bertz CT molecular complexity index is 2430. The van der Waals surface area contributed by atoms with E-state index >= 15 is 0 Å². The second-order valence-electron chi connectivity index (χ2n) is 14.5. The zero-order valence-corrected chi connectivity index (χ0v) is 32.8. The van der Waals surface area contributed by atoms with Crippen LogP contribution in [0.15, 0.2) is 151 Å². The highest BCUT2D eigenvalue weighted by atomic mass is 16.2. The van der Waals surface area contributed by atoms with Crippen LogP contribution >= 0.6 is 0 Å². The predicted octanol–water partition coefficient (Wildman–Crippen LogP) is 9.13. The molecular formula is C48H46N8O2. The highest BCUT2D eigenvalue weighted by Crippen LogP contribution is 2.43. The number of imidazole rings is 1. The molecule has 290 valence electrons. The molecule has 3 heterocycles. The lowest BCUT2D eigenvalue weighted by molar-refractivity contribution is -0.116. The Morgan fingerprint density at radius 2 is 1.28 bits per heavy atom. The summed E-state index contributed by atoms with van der Waals surface area (Å²) in [7, 11) is 0. The number of nitrogens with zero attached hydrogens (tertiary/aromatic N) is 7. The molecule has 58 heavy (non-hydrogen) atoms. The Labute approximate surface area is 338 Å². The zero-order valence-electron chi connectivity index (χ0n) is 32.8. The monoisotopic (exact) mass is 766 g/mol. The molecule has 8 rings (SSSR count). The van der Waals surface area contributed by atoms with Crippen molar-refractivity contribution in [1.82, 2.24) is 40.0 Å². The first-order chi connectivity index (χ1) is 28.5. The second-order valence-corrected chi connectivity index (χ2v) is 14.5. The van der Waals surface area contributed by atoms with E-state index in [1.165, 1.54) is 0 Å². The number of imide groups is 1. The van der Waals surface area contributed by atoms with Crippen molar-refractivity contribution in [1.29, 1.82) is 0 Å². The summed E-state index contributed by atoms with van der Waals surface area (Å²) in [4.78, 5) is 31.9. The minimum atomic E-state index is -0.883. The molecule has 0 bridgehead atoms. The molecule has 0 aliphatic carbocycles. The van der Waals surface area contributed by atoms with Gasteiger partial charge in [0.15, 0.2) is 5.82 Å². The SMILES string of the molecule is CCCCc1ncc(/C=C2/C(=O)NC(=O)N2CCCC)n1Cc1ccc(-c2ccccc2-c2nnnn2C(c2ccccc2)(c2ccccc2)c2ccccc2)cc1. The van der Waals surface area contributed by atoms with Gasteiger partial charge in [-0.3, -0.25) is 15.0 Å². The first kappa shape index (κ1) is 38.0. The lowest BCUT2D eigenvalue weighted by Crippen LogP contribution is -2.39. The summed E-state index contributed by atoms with van der Waals surface area (Å²) in [6, 6.07) is 47.7. The predicted molar refractivity (Wildman–Crippen MR) is 226 cm³/mol. The summed E-state index contributed by atoms with van der Waals surface area (Å²) < 4.78 is 4.12. The van der Waals surface area contributed by atoms with Crippen LogP contribution in [-0.2, 0) is 23.3 Å². The van der Waals surface area contributed by atoms with Gasteiger partial charge in [0.05, 0.1) is 11.9 Å². The average Bonchev–Trinajstić information content (AvgIpc) is 3.98. The van der Waals surface area contributed by atoms with Crippen LogP contribution in [-0.4, -0.2) is 53.1 Å². The highest BCUT2D eigenvalue weighted by Gasteiger charge is 2.42. The molecular weight excluding hydrogens is 721 g/mol. The third-order valence-electron chi connectivity index (χ3n) is 10.9. The normalized spacial score (nSPS) is 13.7. The standard InChI is InChI=1S/C48H46N8O2/c1-3-5-26-44-49-33-40(32-43-46(57)50-47(58)54(43)31-6-4-2)55(44)34-35-27-29-36(30-28-35)41-24-16-17-25-42(41)45-51-52-53-56(45)48(37-18-10-7-11-19-37,38-20-12-8-13-21-38)39-22-14-9-15-23-39/h7-25,27-30,32-33H,3-6,26,31,34H2,1-2H3,(H,50,57,58)/b43-32-. The van der Waals surface area contributed by atoms with Crippen molar-refractivity contribution >= 4 is 18.0 Å². The number of carbonyl (C=O) groups is 2. The summed E-state index contributed by atoms with van der Waals surface area (Å²) in [6.45, 7) is 5.26. The Morgan fingerprint density at radius 1 is 0.690 bits per heavy atom. The number of nitrogens with one attached hydrogen (secondary N) is 1. The van der Waals surface area contributed by atoms with Crippen LogP contribution in [0.4, 0.5) is 4.79 Å². The van der Waals surface area contributed by atoms with Crippen molar-refractivity contribution in [2.45, 2.75) is 58.0 Å². The largest absolute Gasteiger partial charge is 0.329 e. The third kappa shape index (κ3) is 7.25. The fourth-order valence-electron chi connectivity index (χ4n) is 7.93. The van der Waals surface area contributed by atoms with Gasteiger partial charge in [-0.15, -0.1) is 5.10 Å². The third-order valence-corrected chi connectivity index (χ3v) is 10.9. The van der Waals surface area contributed by atoms with Crippen molar-refractivity contribution in [2.24, 2.45) is 0 Å². The summed E-state index contributed by atoms with van der Waals surface area (Å²) >= 11 is 0. The van der Waals surface area contributed by atoms with Gasteiger partial charge in [-0.25, -0.2) is 14.5 Å². The van der Waals surface area contributed by atoms with E-state index in [0.29, 0.717) is 24.6 Å². The maximum atomic E-state index is 12.9. The van der Waals surface area contributed by atoms with Crippen LogP contribution in [0.5, 0.6) is 0 Å². The van der Waals surface area contributed by atoms with Crippen molar-refractivity contribution in [3.63, 3.8) is 0 Å². The van der Waals surface area contributed by atoms with Crippen LogP contribution in [0.1, 0.15) is 73.3 Å². The quantitative estimate of drug-likeness (QED) is 0.0634. The summed E-state index contributed by atoms with van der Waals surface area (Å²) in [5, 5.41) is 16.3. The van der Waals surface area contributed by atoms with E-state index in [1.807, 2.05) is 35.0 Å². The van der Waals surface area contributed by atoms with E-state index in [4.69, 9.17) is 15.3 Å². The Balaban J connectivity index is 1.18. The number of aryl methyl sites for hydroxylation is 1. The lowest BCUT2D eigenvalue weighted by atomic mass is 9.77. The Hall–Kier alpha value is -6.94. The van der Waals surface area contributed by atoms with Gasteiger partial charge in [0, 0.05) is 25.1 Å². The van der Waals surface area contributed by atoms with Crippen LogP contribution in [0.25, 0.3) is 28.6 Å². The molecule has 10 nitrogen and oxygen atoms in total. The van der Waals surface area contributed by atoms with Gasteiger partial charge < -0.3 is 4.57 Å². The van der Waals surface area contributed by atoms with Gasteiger partial charge in [0.25, 0.3) is 5.91 Å². The lowest BCUT2D eigenvalue weighted by Gasteiger charge is -2.36. The molecule has 10 heteroatoms. The van der Waals surface area contributed by atoms with E-state index in [-0.39, 0.29) is 11.9 Å². The number of unbranched alkanes of at least 4 members (excludes halogenated alkanes) is 2. The van der Waals surface area contributed by atoms with Gasteiger partial charge in [-0.1, -0.05) is 166 Å². The first-order valence-corrected chi connectivity index (χ1v) is 20.1. The van der Waals surface area contributed by atoms with E-state index < -0.39 is 5.54 Å². The average molecular weight is 767 g/mol. The smallest absolute Gasteiger partial charge is 0.324 e.